The number of carbonyl (C=O) groups is 2. The van der Waals surface area contributed by atoms with Crippen molar-refractivity contribution in [1.29, 1.82) is 0 Å². The molecule has 4 atom stereocenters. The largest absolute Gasteiger partial charge is 0.472 e. The van der Waals surface area contributed by atoms with E-state index in [-0.39, 0.29) is 12.8 Å². The summed E-state index contributed by atoms with van der Waals surface area (Å²) < 4.78 is 47.8. The van der Waals surface area contributed by atoms with E-state index in [2.05, 4.69) is 22.9 Å². The van der Waals surface area contributed by atoms with Gasteiger partial charge in [-0.15, -0.1) is 0 Å². The van der Waals surface area contributed by atoms with Crippen molar-refractivity contribution in [2.75, 3.05) is 26.4 Å². The molecule has 66 heavy (non-hydrogen) atoms. The van der Waals surface area contributed by atoms with Crippen molar-refractivity contribution in [1.82, 2.24) is 0 Å². The molecule has 0 amide bonds. The highest BCUT2D eigenvalue weighted by molar-refractivity contribution is 7.47. The number of aliphatic hydroxyl groups excluding tert-OH is 2. The van der Waals surface area contributed by atoms with Crippen LogP contribution in [0.4, 0.5) is 0 Å². The highest BCUT2D eigenvalue weighted by Crippen LogP contribution is 2.44. The number of hydrogen-bond acceptors (Lipinski definition) is 11. The van der Waals surface area contributed by atoms with Crippen molar-refractivity contribution in [3.8, 4) is 0 Å². The quantitative estimate of drug-likeness (QED) is 0.0126. The molecule has 14 nitrogen and oxygen atoms in total. The van der Waals surface area contributed by atoms with E-state index in [9.17, 15) is 33.8 Å². The summed E-state index contributed by atoms with van der Waals surface area (Å²) in [6.45, 7) is 3.82. The summed E-state index contributed by atoms with van der Waals surface area (Å²) in [5.74, 6) is -0.290. The SMILES string of the molecule is CC/C=C\C(O)C/C=C/C=C\C/C=C\C/C=C\CCCC(=O)O[C@H](COC(=O)CCCCCCCCCCCCCCCCCCCCC(C)C)COP(=O)(O)OC[C@@H](O)COP(=O)(O)O. The molecule has 0 bridgehead atoms. The van der Waals surface area contributed by atoms with Crippen LogP contribution in [0.5, 0.6) is 0 Å². The number of unbranched alkanes of at least 4 members (excludes halogenated alkanes) is 18. The normalized spacial score (nSPS) is 14.9. The third-order valence-electron chi connectivity index (χ3n) is 10.4. The zero-order valence-corrected chi connectivity index (χ0v) is 42.6. The topological polar surface area (TPSA) is 216 Å². The first-order valence-corrected chi connectivity index (χ1v) is 28.0. The lowest BCUT2D eigenvalue weighted by Gasteiger charge is -2.20. The van der Waals surface area contributed by atoms with E-state index in [1.54, 1.807) is 6.08 Å². The van der Waals surface area contributed by atoms with Crippen molar-refractivity contribution in [3.05, 3.63) is 60.8 Å². The van der Waals surface area contributed by atoms with Crippen molar-refractivity contribution in [2.24, 2.45) is 5.92 Å². The maximum absolute atomic E-state index is 12.7. The molecule has 0 aliphatic carbocycles. The maximum atomic E-state index is 12.7. The molecule has 0 saturated heterocycles. The highest BCUT2D eigenvalue weighted by Gasteiger charge is 2.28. The van der Waals surface area contributed by atoms with Gasteiger partial charge in [-0.2, -0.15) is 0 Å². The highest BCUT2D eigenvalue weighted by atomic mass is 31.2. The van der Waals surface area contributed by atoms with Crippen LogP contribution in [0.25, 0.3) is 0 Å². The number of esters is 2. The summed E-state index contributed by atoms with van der Waals surface area (Å²) >= 11 is 0. The molecular formula is C50H90O14P2. The minimum absolute atomic E-state index is 0.0346. The van der Waals surface area contributed by atoms with Crippen molar-refractivity contribution in [3.63, 3.8) is 0 Å². The Morgan fingerprint density at radius 3 is 1.59 bits per heavy atom. The summed E-state index contributed by atoms with van der Waals surface area (Å²) in [6.07, 6.45) is 44.2. The third-order valence-corrected chi connectivity index (χ3v) is 11.8. The van der Waals surface area contributed by atoms with Crippen LogP contribution in [-0.2, 0) is 41.8 Å². The van der Waals surface area contributed by atoms with Gasteiger partial charge in [-0.25, -0.2) is 9.13 Å². The standard InChI is InChI=1S/C50H90O14P2/c1-4-5-37-46(51)38-33-29-25-21-17-14-15-19-23-27-31-35-40-50(54)64-48(44-63-66(58,59)62-42-47(52)41-61-65(55,56)57)43-60-49(53)39-34-30-26-22-18-13-11-9-7-6-8-10-12-16-20-24-28-32-36-45(2)3/h5,14-15,21,23,25,27,29,33,37,45-48,51-52H,4,6-13,16-20,22,24,26,28,30-32,34-36,38-44H2,1-3H3,(H,58,59)(H2,55,56,57)/b15-14-,25-21-,27-23-,33-29+,37-5-/t46?,47-,48+/m0/s1. The lowest BCUT2D eigenvalue weighted by Crippen LogP contribution is -2.29. The minimum atomic E-state index is -4.88. The smallest absolute Gasteiger partial charge is 0.462 e. The molecule has 0 aromatic rings. The Kier molecular flexibility index (Phi) is 42.5. The predicted octanol–water partition coefficient (Wildman–Crippen LogP) is 12.4. The van der Waals surface area contributed by atoms with Gasteiger partial charge >= 0.3 is 27.6 Å². The minimum Gasteiger partial charge on any atom is -0.462 e. The summed E-state index contributed by atoms with van der Waals surface area (Å²) in [5.41, 5.74) is 0. The molecule has 0 aromatic carbocycles. The van der Waals surface area contributed by atoms with E-state index in [0.717, 1.165) is 44.4 Å². The maximum Gasteiger partial charge on any atom is 0.472 e. The van der Waals surface area contributed by atoms with Gasteiger partial charge in [-0.1, -0.05) is 197 Å². The Morgan fingerprint density at radius 2 is 1.03 bits per heavy atom. The van der Waals surface area contributed by atoms with Gasteiger partial charge in [0.25, 0.3) is 0 Å². The molecular weight excluding hydrogens is 886 g/mol. The Morgan fingerprint density at radius 1 is 0.545 bits per heavy atom. The Balaban J connectivity index is 4.50. The lowest BCUT2D eigenvalue weighted by atomic mass is 10.0. The second-order valence-electron chi connectivity index (χ2n) is 17.4. The predicted molar refractivity (Wildman–Crippen MR) is 263 cm³/mol. The first-order valence-electron chi connectivity index (χ1n) is 24.9. The molecule has 0 heterocycles. The molecule has 16 heteroatoms. The number of hydrogen-bond donors (Lipinski definition) is 5. The first-order chi connectivity index (χ1) is 31.6. The van der Waals surface area contributed by atoms with Crippen LogP contribution in [0.1, 0.15) is 194 Å². The molecule has 5 N–H and O–H groups in total. The van der Waals surface area contributed by atoms with Crippen molar-refractivity contribution in [2.45, 2.75) is 212 Å². The second kappa shape index (κ2) is 44.0. The molecule has 0 rings (SSSR count). The van der Waals surface area contributed by atoms with Crippen LogP contribution in [0.15, 0.2) is 60.8 Å². The average molecular weight is 977 g/mol. The molecule has 0 spiro atoms. The lowest BCUT2D eigenvalue weighted by molar-refractivity contribution is -0.161. The van der Waals surface area contributed by atoms with Crippen LogP contribution in [0.3, 0.4) is 0 Å². The van der Waals surface area contributed by atoms with Crippen LogP contribution < -0.4 is 0 Å². The van der Waals surface area contributed by atoms with Crippen LogP contribution in [0, 0.1) is 5.92 Å². The summed E-state index contributed by atoms with van der Waals surface area (Å²) in [6, 6.07) is 0. The number of ether oxygens (including phenoxy) is 2. The fraction of sp³-hybridized carbons (Fsp3) is 0.760. The molecule has 0 aliphatic rings. The van der Waals surface area contributed by atoms with Crippen LogP contribution in [-0.4, -0.2) is 81.6 Å². The van der Waals surface area contributed by atoms with E-state index in [0.29, 0.717) is 25.7 Å². The zero-order chi connectivity index (χ0) is 49.0. The Bertz CT molecular complexity index is 1420. The molecule has 2 unspecified atom stereocenters. The number of carbonyl (C=O) groups excluding carboxylic acids is 2. The van der Waals surface area contributed by atoms with Crippen molar-refractivity contribution < 1.29 is 66.7 Å². The molecule has 0 fully saturated rings. The molecule has 0 aromatic heterocycles. The number of aliphatic hydroxyl groups is 2. The van der Waals surface area contributed by atoms with E-state index in [1.165, 1.54) is 96.3 Å². The molecule has 384 valence electrons. The number of phosphoric ester groups is 2. The van der Waals surface area contributed by atoms with E-state index >= 15 is 0 Å². The zero-order valence-electron chi connectivity index (χ0n) is 40.8. The Hall–Kier alpha value is -2.22. The average Bonchev–Trinajstić information content (AvgIpc) is 3.26. The second-order valence-corrected chi connectivity index (χ2v) is 20.1. The molecule has 0 aliphatic heterocycles. The molecule has 0 radical (unpaired) electrons. The summed E-state index contributed by atoms with van der Waals surface area (Å²) in [4.78, 5) is 52.9. The Labute approximate surface area is 398 Å². The van der Waals surface area contributed by atoms with E-state index < -0.39 is 72.3 Å². The van der Waals surface area contributed by atoms with E-state index in [4.69, 9.17) is 23.8 Å². The van der Waals surface area contributed by atoms with Gasteiger partial charge in [-0.05, 0) is 50.9 Å². The van der Waals surface area contributed by atoms with Crippen LogP contribution in [0.2, 0.25) is 0 Å². The van der Waals surface area contributed by atoms with Crippen LogP contribution >= 0.6 is 15.6 Å². The van der Waals surface area contributed by atoms with Gasteiger partial charge in [0.15, 0.2) is 6.10 Å². The van der Waals surface area contributed by atoms with Gasteiger partial charge in [0.1, 0.15) is 12.7 Å². The number of rotatable bonds is 46. The fourth-order valence-corrected chi connectivity index (χ4v) is 7.80. The van der Waals surface area contributed by atoms with Gasteiger partial charge < -0.3 is 34.4 Å². The first kappa shape index (κ1) is 63.8. The van der Waals surface area contributed by atoms with Gasteiger partial charge in [-0.3, -0.25) is 23.2 Å². The fourth-order valence-electron chi connectivity index (χ4n) is 6.65. The van der Waals surface area contributed by atoms with Gasteiger partial charge in [0.05, 0.1) is 25.9 Å². The van der Waals surface area contributed by atoms with E-state index in [1.807, 2.05) is 61.6 Å². The summed E-state index contributed by atoms with van der Waals surface area (Å²) in [5, 5.41) is 19.6. The third kappa shape index (κ3) is 48.2. The van der Waals surface area contributed by atoms with Crippen molar-refractivity contribution >= 4 is 27.6 Å². The molecule has 0 saturated carbocycles. The van der Waals surface area contributed by atoms with Gasteiger partial charge in [0, 0.05) is 12.8 Å². The monoisotopic (exact) mass is 977 g/mol. The number of phosphoric acid groups is 2. The number of allylic oxidation sites excluding steroid dienone is 8. The van der Waals surface area contributed by atoms with Gasteiger partial charge in [0.2, 0.25) is 0 Å². The summed E-state index contributed by atoms with van der Waals surface area (Å²) in [7, 11) is -9.72.